The minimum atomic E-state index is -1.13. The van der Waals surface area contributed by atoms with Gasteiger partial charge in [-0.3, -0.25) is 4.79 Å². The van der Waals surface area contributed by atoms with E-state index in [1.807, 2.05) is 0 Å². The highest BCUT2D eigenvalue weighted by molar-refractivity contribution is 9.11. The predicted molar refractivity (Wildman–Crippen MR) is 71.3 cm³/mol. The summed E-state index contributed by atoms with van der Waals surface area (Å²) in [5.74, 6) is -1.31. The average molecular weight is 345 g/mol. The van der Waals surface area contributed by atoms with E-state index < -0.39 is 5.97 Å². The fraction of sp³-hybridized carbons (Fsp3) is 0.200. The van der Waals surface area contributed by atoms with Gasteiger partial charge in [0.1, 0.15) is 0 Å². The third kappa shape index (κ3) is 3.61. The molecule has 0 aliphatic heterocycles. The second-order valence-electron chi connectivity index (χ2n) is 3.57. The SMILES string of the molecule is O=C(NCCn1cc(C(=O)O)nn1)c1csc(Br)c1. The van der Waals surface area contributed by atoms with Crippen LogP contribution in [0.4, 0.5) is 0 Å². The molecular formula is C10H9BrN4O3S. The minimum absolute atomic E-state index is 0.118. The first-order valence-corrected chi connectivity index (χ1v) is 6.89. The van der Waals surface area contributed by atoms with Crippen LogP contribution in [0.15, 0.2) is 21.4 Å². The largest absolute Gasteiger partial charge is 0.476 e. The Kier molecular flexibility index (Phi) is 4.27. The number of nitrogens with one attached hydrogen (secondary N) is 1. The lowest BCUT2D eigenvalue weighted by Crippen LogP contribution is -2.27. The number of hydrogen-bond acceptors (Lipinski definition) is 5. The van der Waals surface area contributed by atoms with Gasteiger partial charge in [-0.1, -0.05) is 5.21 Å². The molecule has 19 heavy (non-hydrogen) atoms. The van der Waals surface area contributed by atoms with Crippen LogP contribution in [-0.2, 0) is 6.54 Å². The van der Waals surface area contributed by atoms with E-state index in [4.69, 9.17) is 5.11 Å². The molecular weight excluding hydrogens is 336 g/mol. The zero-order valence-electron chi connectivity index (χ0n) is 9.54. The lowest BCUT2D eigenvalue weighted by molar-refractivity contribution is 0.0690. The number of carbonyl (C=O) groups is 2. The lowest BCUT2D eigenvalue weighted by Gasteiger charge is -2.02. The summed E-state index contributed by atoms with van der Waals surface area (Å²) in [6.07, 6.45) is 1.32. The van der Waals surface area contributed by atoms with Crippen LogP contribution < -0.4 is 5.32 Å². The highest BCUT2D eigenvalue weighted by atomic mass is 79.9. The van der Waals surface area contributed by atoms with Crippen molar-refractivity contribution in [2.24, 2.45) is 0 Å². The van der Waals surface area contributed by atoms with Crippen LogP contribution in [0.2, 0.25) is 0 Å². The highest BCUT2D eigenvalue weighted by Crippen LogP contribution is 2.20. The van der Waals surface area contributed by atoms with Crippen molar-refractivity contribution < 1.29 is 14.7 Å². The van der Waals surface area contributed by atoms with Gasteiger partial charge >= 0.3 is 5.97 Å². The summed E-state index contributed by atoms with van der Waals surface area (Å²) in [5.41, 5.74) is 0.467. The van der Waals surface area contributed by atoms with Crippen LogP contribution in [0, 0.1) is 0 Å². The van der Waals surface area contributed by atoms with Crippen molar-refractivity contribution in [2.45, 2.75) is 6.54 Å². The van der Waals surface area contributed by atoms with Crippen molar-refractivity contribution >= 4 is 39.1 Å². The van der Waals surface area contributed by atoms with Crippen molar-refractivity contribution in [3.05, 3.63) is 32.7 Å². The van der Waals surface area contributed by atoms with Crippen LogP contribution in [0.5, 0.6) is 0 Å². The summed E-state index contributed by atoms with van der Waals surface area (Å²) in [7, 11) is 0. The average Bonchev–Trinajstić information content (AvgIpc) is 2.98. The Morgan fingerprint density at radius 2 is 2.32 bits per heavy atom. The predicted octanol–water partition coefficient (Wildman–Crippen LogP) is 1.23. The molecule has 0 aromatic carbocycles. The van der Waals surface area contributed by atoms with E-state index in [-0.39, 0.29) is 11.6 Å². The molecule has 2 heterocycles. The van der Waals surface area contributed by atoms with Gasteiger partial charge in [-0.2, -0.15) is 0 Å². The number of carboxylic acids is 1. The number of rotatable bonds is 5. The number of amides is 1. The van der Waals surface area contributed by atoms with Crippen LogP contribution >= 0.6 is 27.3 Å². The van der Waals surface area contributed by atoms with Crippen LogP contribution in [0.3, 0.4) is 0 Å². The van der Waals surface area contributed by atoms with Gasteiger partial charge in [0.25, 0.3) is 5.91 Å². The normalized spacial score (nSPS) is 10.4. The Morgan fingerprint density at radius 1 is 1.53 bits per heavy atom. The molecule has 0 aliphatic rings. The lowest BCUT2D eigenvalue weighted by atomic mass is 10.3. The molecule has 9 heteroatoms. The quantitative estimate of drug-likeness (QED) is 0.850. The summed E-state index contributed by atoms with van der Waals surface area (Å²) in [6, 6.07) is 1.73. The van der Waals surface area contributed by atoms with Crippen molar-refractivity contribution in [1.82, 2.24) is 20.3 Å². The molecule has 7 nitrogen and oxygen atoms in total. The van der Waals surface area contributed by atoms with E-state index in [0.717, 1.165) is 3.79 Å². The Morgan fingerprint density at radius 3 is 2.89 bits per heavy atom. The maximum Gasteiger partial charge on any atom is 0.358 e. The number of halogens is 1. The second-order valence-corrected chi connectivity index (χ2v) is 5.86. The number of hydrogen-bond donors (Lipinski definition) is 2. The topological polar surface area (TPSA) is 97.1 Å². The number of carbonyl (C=O) groups excluding carboxylic acids is 1. The number of thiophene rings is 1. The molecule has 0 aliphatic carbocycles. The fourth-order valence-electron chi connectivity index (χ4n) is 1.32. The third-order valence-corrected chi connectivity index (χ3v) is 3.72. The first-order valence-electron chi connectivity index (χ1n) is 5.22. The zero-order chi connectivity index (χ0) is 13.8. The summed E-state index contributed by atoms with van der Waals surface area (Å²) >= 11 is 4.71. The second kappa shape index (κ2) is 5.93. The van der Waals surface area contributed by atoms with E-state index in [0.29, 0.717) is 18.7 Å². The molecule has 2 aromatic rings. The molecule has 0 atom stereocenters. The van der Waals surface area contributed by atoms with E-state index in [1.165, 1.54) is 22.2 Å². The molecule has 2 aromatic heterocycles. The van der Waals surface area contributed by atoms with Gasteiger partial charge in [-0.15, -0.1) is 16.4 Å². The van der Waals surface area contributed by atoms with Gasteiger partial charge in [0.05, 0.1) is 22.1 Å². The fourth-order valence-corrected chi connectivity index (χ4v) is 2.46. The first kappa shape index (κ1) is 13.7. The first-order chi connectivity index (χ1) is 9.06. The zero-order valence-corrected chi connectivity index (χ0v) is 11.9. The molecule has 0 spiro atoms. The molecule has 1 amide bonds. The molecule has 0 unspecified atom stereocenters. The molecule has 100 valence electrons. The van der Waals surface area contributed by atoms with Crippen LogP contribution in [0.1, 0.15) is 20.8 Å². The smallest absolute Gasteiger partial charge is 0.358 e. The Bertz CT molecular complexity index is 609. The standard InChI is InChI=1S/C10H9BrN4O3S/c11-8-3-6(5-19-8)9(16)12-1-2-15-4-7(10(17)18)13-14-15/h3-5H,1-2H2,(H,12,16)(H,17,18). The minimum Gasteiger partial charge on any atom is -0.476 e. The molecule has 0 bridgehead atoms. The van der Waals surface area contributed by atoms with E-state index in [2.05, 4.69) is 31.6 Å². The van der Waals surface area contributed by atoms with Gasteiger partial charge < -0.3 is 10.4 Å². The molecule has 0 saturated carbocycles. The molecule has 0 saturated heterocycles. The molecule has 0 radical (unpaired) electrons. The van der Waals surface area contributed by atoms with Crippen LogP contribution in [0.25, 0.3) is 0 Å². The van der Waals surface area contributed by atoms with Gasteiger partial charge in [-0.25, -0.2) is 9.48 Å². The number of aromatic carboxylic acids is 1. The van der Waals surface area contributed by atoms with Crippen molar-refractivity contribution in [2.75, 3.05) is 6.54 Å². The maximum atomic E-state index is 11.7. The van der Waals surface area contributed by atoms with Crippen LogP contribution in [-0.4, -0.2) is 38.5 Å². The highest BCUT2D eigenvalue weighted by Gasteiger charge is 2.09. The van der Waals surface area contributed by atoms with Crippen molar-refractivity contribution in [1.29, 1.82) is 0 Å². The molecule has 0 fully saturated rings. The van der Waals surface area contributed by atoms with Crippen molar-refractivity contribution in [3.63, 3.8) is 0 Å². The summed E-state index contributed by atoms with van der Waals surface area (Å²) < 4.78 is 2.26. The molecule has 2 N–H and O–H groups in total. The van der Waals surface area contributed by atoms with E-state index >= 15 is 0 Å². The Balaban J connectivity index is 1.83. The number of aromatic nitrogens is 3. The maximum absolute atomic E-state index is 11.7. The monoisotopic (exact) mass is 344 g/mol. The Labute approximate surface area is 120 Å². The third-order valence-electron chi connectivity index (χ3n) is 2.21. The Hall–Kier alpha value is -1.74. The van der Waals surface area contributed by atoms with Gasteiger partial charge in [0, 0.05) is 11.9 Å². The van der Waals surface area contributed by atoms with E-state index in [1.54, 1.807) is 11.4 Å². The van der Waals surface area contributed by atoms with E-state index in [9.17, 15) is 9.59 Å². The summed E-state index contributed by atoms with van der Waals surface area (Å²) in [6.45, 7) is 0.700. The van der Waals surface area contributed by atoms with Gasteiger partial charge in [0.15, 0.2) is 5.69 Å². The number of nitrogens with zero attached hydrogens (tertiary/aromatic N) is 3. The summed E-state index contributed by atoms with van der Waals surface area (Å²) in [5, 5.41) is 20.2. The van der Waals surface area contributed by atoms with Gasteiger partial charge in [0.2, 0.25) is 0 Å². The van der Waals surface area contributed by atoms with Gasteiger partial charge in [-0.05, 0) is 22.0 Å². The number of carboxylic acid groups (broad SMARTS) is 1. The van der Waals surface area contributed by atoms with Crippen molar-refractivity contribution in [3.8, 4) is 0 Å². The molecule has 2 rings (SSSR count). The summed E-state index contributed by atoms with van der Waals surface area (Å²) in [4.78, 5) is 22.3.